The van der Waals surface area contributed by atoms with Gasteiger partial charge in [0.2, 0.25) is 0 Å². The molecule has 130 valence electrons. The molecule has 2 unspecified atom stereocenters. The lowest BCUT2D eigenvalue weighted by molar-refractivity contribution is 0.146. The Kier molecular flexibility index (Phi) is 9.31. The van der Waals surface area contributed by atoms with E-state index in [1.807, 2.05) is 18.2 Å². The largest absolute Gasteiger partial charge is 0.491 e. The minimum atomic E-state index is 0. The van der Waals surface area contributed by atoms with Gasteiger partial charge in [-0.1, -0.05) is 19.1 Å². The number of hydrogen-bond donors (Lipinski definition) is 2. The van der Waals surface area contributed by atoms with Crippen LogP contribution < -0.4 is 15.4 Å². The first-order valence-corrected chi connectivity index (χ1v) is 7.98. The summed E-state index contributed by atoms with van der Waals surface area (Å²) in [7, 11) is 1.67. The lowest BCUT2D eigenvalue weighted by Crippen LogP contribution is -2.39. The molecule has 0 heterocycles. The second kappa shape index (κ2) is 10.7. The van der Waals surface area contributed by atoms with Crippen LogP contribution in [0, 0.1) is 5.92 Å². The van der Waals surface area contributed by atoms with Gasteiger partial charge < -0.3 is 20.1 Å². The Labute approximate surface area is 156 Å². The molecule has 1 saturated carbocycles. The molecule has 0 saturated heterocycles. The summed E-state index contributed by atoms with van der Waals surface area (Å²) < 4.78 is 10.6. The number of hydrogen-bond acceptors (Lipinski definition) is 3. The van der Waals surface area contributed by atoms with E-state index in [9.17, 15) is 0 Å². The topological polar surface area (TPSA) is 54.9 Å². The maximum absolute atomic E-state index is 5.63. The minimum Gasteiger partial charge on any atom is -0.491 e. The first-order valence-electron chi connectivity index (χ1n) is 7.98. The zero-order chi connectivity index (χ0) is 15.8. The van der Waals surface area contributed by atoms with Crippen LogP contribution >= 0.6 is 24.0 Å². The Morgan fingerprint density at radius 2 is 2.13 bits per heavy atom. The molecule has 2 N–H and O–H groups in total. The van der Waals surface area contributed by atoms with Crippen LogP contribution in [0.15, 0.2) is 29.3 Å². The molecule has 23 heavy (non-hydrogen) atoms. The SMILES string of the molecule is CCNC(=NCc1cccc(OCCOC)c1)NC1CC1C.I. The molecule has 0 radical (unpaired) electrons. The van der Waals surface area contributed by atoms with E-state index >= 15 is 0 Å². The van der Waals surface area contributed by atoms with Crippen molar-refractivity contribution in [2.75, 3.05) is 26.9 Å². The number of benzene rings is 1. The molecule has 2 rings (SSSR count). The predicted octanol–water partition coefficient (Wildman–Crippen LogP) is 2.79. The van der Waals surface area contributed by atoms with E-state index in [4.69, 9.17) is 9.47 Å². The number of ether oxygens (including phenoxy) is 2. The normalized spacial score (nSPS) is 19.7. The van der Waals surface area contributed by atoms with E-state index in [2.05, 4.69) is 35.5 Å². The number of methoxy groups -OCH3 is 1. The van der Waals surface area contributed by atoms with Gasteiger partial charge in [-0.25, -0.2) is 4.99 Å². The van der Waals surface area contributed by atoms with Crippen molar-refractivity contribution in [1.29, 1.82) is 0 Å². The van der Waals surface area contributed by atoms with Gasteiger partial charge in [0.15, 0.2) is 5.96 Å². The Bertz CT molecular complexity index is 496. The summed E-state index contributed by atoms with van der Waals surface area (Å²) in [5.41, 5.74) is 1.14. The molecule has 1 aromatic carbocycles. The standard InChI is InChI=1S/C17H27N3O2.HI/c1-4-18-17(20-16-10-13(16)2)19-12-14-6-5-7-15(11-14)22-9-8-21-3;/h5-7,11,13,16H,4,8-10,12H2,1-3H3,(H2,18,19,20);1H. The maximum Gasteiger partial charge on any atom is 0.191 e. The van der Waals surface area contributed by atoms with Gasteiger partial charge in [0, 0.05) is 19.7 Å². The van der Waals surface area contributed by atoms with Crippen molar-refractivity contribution in [3.05, 3.63) is 29.8 Å². The summed E-state index contributed by atoms with van der Waals surface area (Å²) in [4.78, 5) is 4.65. The maximum atomic E-state index is 5.63. The van der Waals surface area contributed by atoms with E-state index in [0.717, 1.165) is 29.7 Å². The highest BCUT2D eigenvalue weighted by Crippen LogP contribution is 2.28. The smallest absolute Gasteiger partial charge is 0.191 e. The number of aliphatic imine (C=N–C) groups is 1. The molecule has 0 bridgehead atoms. The van der Waals surface area contributed by atoms with E-state index < -0.39 is 0 Å². The van der Waals surface area contributed by atoms with Crippen LogP contribution in [-0.2, 0) is 11.3 Å². The number of halogens is 1. The second-order valence-corrected chi connectivity index (χ2v) is 5.65. The van der Waals surface area contributed by atoms with Crippen LogP contribution in [-0.4, -0.2) is 38.9 Å². The summed E-state index contributed by atoms with van der Waals surface area (Å²) in [5.74, 6) is 2.50. The van der Waals surface area contributed by atoms with Gasteiger partial charge in [-0.05, 0) is 37.0 Å². The monoisotopic (exact) mass is 433 g/mol. The Hall–Kier alpha value is -1.02. The van der Waals surface area contributed by atoms with Crippen LogP contribution in [0.3, 0.4) is 0 Å². The highest BCUT2D eigenvalue weighted by Gasteiger charge is 2.33. The lowest BCUT2D eigenvalue weighted by Gasteiger charge is -2.11. The fourth-order valence-electron chi connectivity index (χ4n) is 2.17. The highest BCUT2D eigenvalue weighted by molar-refractivity contribution is 14.0. The van der Waals surface area contributed by atoms with Gasteiger partial charge >= 0.3 is 0 Å². The van der Waals surface area contributed by atoms with Gasteiger partial charge in [-0.2, -0.15) is 0 Å². The van der Waals surface area contributed by atoms with Crippen molar-refractivity contribution >= 4 is 29.9 Å². The van der Waals surface area contributed by atoms with E-state index in [-0.39, 0.29) is 24.0 Å². The van der Waals surface area contributed by atoms with Crippen molar-refractivity contribution < 1.29 is 9.47 Å². The summed E-state index contributed by atoms with van der Waals surface area (Å²) in [5, 5.41) is 6.75. The summed E-state index contributed by atoms with van der Waals surface area (Å²) in [6.45, 7) is 6.99. The molecule has 1 fully saturated rings. The van der Waals surface area contributed by atoms with Crippen molar-refractivity contribution in [3.63, 3.8) is 0 Å². The third-order valence-electron chi connectivity index (χ3n) is 3.65. The van der Waals surface area contributed by atoms with Crippen molar-refractivity contribution in [2.45, 2.75) is 32.9 Å². The number of nitrogens with zero attached hydrogens (tertiary/aromatic N) is 1. The van der Waals surface area contributed by atoms with E-state index in [0.29, 0.717) is 25.8 Å². The zero-order valence-electron chi connectivity index (χ0n) is 14.2. The average molecular weight is 433 g/mol. The molecule has 1 aliphatic carbocycles. The van der Waals surface area contributed by atoms with Crippen LogP contribution in [0.1, 0.15) is 25.8 Å². The summed E-state index contributed by atoms with van der Waals surface area (Å²) in [6.07, 6.45) is 1.23. The Morgan fingerprint density at radius 1 is 1.35 bits per heavy atom. The molecule has 5 nitrogen and oxygen atoms in total. The fraction of sp³-hybridized carbons (Fsp3) is 0.588. The third kappa shape index (κ3) is 7.39. The fourth-order valence-corrected chi connectivity index (χ4v) is 2.17. The Balaban J connectivity index is 0.00000264. The molecule has 1 aromatic rings. The molecule has 0 amide bonds. The average Bonchev–Trinajstić information content (AvgIpc) is 3.21. The van der Waals surface area contributed by atoms with Crippen molar-refractivity contribution in [2.24, 2.45) is 10.9 Å². The van der Waals surface area contributed by atoms with Gasteiger partial charge in [0.05, 0.1) is 13.2 Å². The molecule has 2 atom stereocenters. The lowest BCUT2D eigenvalue weighted by atomic mass is 10.2. The molecular weight excluding hydrogens is 405 g/mol. The van der Waals surface area contributed by atoms with Gasteiger partial charge in [-0.3, -0.25) is 0 Å². The second-order valence-electron chi connectivity index (χ2n) is 5.65. The van der Waals surface area contributed by atoms with Crippen LogP contribution in [0.4, 0.5) is 0 Å². The highest BCUT2D eigenvalue weighted by atomic mass is 127. The minimum absolute atomic E-state index is 0. The number of guanidine groups is 1. The van der Waals surface area contributed by atoms with E-state index in [1.54, 1.807) is 7.11 Å². The summed E-state index contributed by atoms with van der Waals surface area (Å²) >= 11 is 0. The van der Waals surface area contributed by atoms with Crippen LogP contribution in [0.5, 0.6) is 5.75 Å². The Morgan fingerprint density at radius 3 is 2.78 bits per heavy atom. The molecule has 0 spiro atoms. The van der Waals surface area contributed by atoms with Crippen molar-refractivity contribution in [1.82, 2.24) is 10.6 Å². The van der Waals surface area contributed by atoms with Gasteiger partial charge in [0.1, 0.15) is 12.4 Å². The molecular formula is C17H28IN3O2. The van der Waals surface area contributed by atoms with E-state index in [1.165, 1.54) is 6.42 Å². The molecule has 0 aromatic heterocycles. The number of nitrogens with one attached hydrogen (secondary N) is 2. The van der Waals surface area contributed by atoms with Crippen LogP contribution in [0.25, 0.3) is 0 Å². The van der Waals surface area contributed by atoms with Crippen molar-refractivity contribution in [3.8, 4) is 5.75 Å². The first kappa shape index (κ1) is 20.0. The zero-order valence-corrected chi connectivity index (χ0v) is 16.5. The molecule has 0 aliphatic heterocycles. The van der Waals surface area contributed by atoms with Gasteiger partial charge in [-0.15, -0.1) is 24.0 Å². The molecule has 6 heteroatoms. The predicted molar refractivity (Wildman–Crippen MR) is 105 cm³/mol. The van der Waals surface area contributed by atoms with Gasteiger partial charge in [0.25, 0.3) is 0 Å². The quantitative estimate of drug-likeness (QED) is 0.287. The number of rotatable bonds is 8. The third-order valence-corrected chi connectivity index (χ3v) is 3.65. The summed E-state index contributed by atoms with van der Waals surface area (Å²) in [6, 6.07) is 8.62. The molecule has 1 aliphatic rings. The van der Waals surface area contributed by atoms with Crippen LogP contribution in [0.2, 0.25) is 0 Å². The first-order chi connectivity index (χ1) is 10.7.